The summed E-state index contributed by atoms with van der Waals surface area (Å²) in [5.41, 5.74) is 0.596. The number of fused-ring (bicyclic) bond motifs is 1. The summed E-state index contributed by atoms with van der Waals surface area (Å²) in [6.07, 6.45) is -0.391. The molecule has 0 aliphatic rings. The van der Waals surface area contributed by atoms with Crippen LogP contribution < -0.4 is 10.9 Å². The normalized spacial score (nSPS) is 12.0. The first-order chi connectivity index (χ1) is 14.3. The van der Waals surface area contributed by atoms with E-state index in [1.165, 1.54) is 0 Å². The average Bonchev–Trinajstić information content (AvgIpc) is 2.69. The second-order valence-electron chi connectivity index (χ2n) is 6.95. The van der Waals surface area contributed by atoms with Gasteiger partial charge < -0.3 is 10.1 Å². The van der Waals surface area contributed by atoms with E-state index < -0.39 is 23.5 Å². The molecule has 1 aromatic heterocycles. The van der Waals surface area contributed by atoms with Gasteiger partial charge in [-0.1, -0.05) is 47.1 Å². The molecule has 8 nitrogen and oxygen atoms in total. The number of amides is 1. The molecule has 0 aliphatic carbocycles. The Balaban J connectivity index is 1.81. The number of hydrogen-bond donors (Lipinski definition) is 1. The van der Waals surface area contributed by atoms with Gasteiger partial charge >= 0.3 is 5.97 Å². The maximum absolute atomic E-state index is 12.7. The predicted molar refractivity (Wildman–Crippen MR) is 112 cm³/mol. The van der Waals surface area contributed by atoms with Crippen LogP contribution in [0.2, 0.25) is 5.02 Å². The number of nitrogens with one attached hydrogen (secondary N) is 1. The zero-order valence-corrected chi connectivity index (χ0v) is 17.3. The molecule has 0 aliphatic heterocycles. The zero-order valence-electron chi connectivity index (χ0n) is 16.5. The minimum atomic E-state index is -0.721. The molecule has 1 amide bonds. The van der Waals surface area contributed by atoms with Crippen molar-refractivity contribution in [1.82, 2.24) is 20.3 Å². The van der Waals surface area contributed by atoms with Gasteiger partial charge in [-0.3, -0.25) is 14.4 Å². The van der Waals surface area contributed by atoms with Crippen LogP contribution in [0.25, 0.3) is 10.9 Å². The number of aromatic nitrogens is 3. The maximum atomic E-state index is 12.7. The third kappa shape index (κ3) is 5.21. The van der Waals surface area contributed by atoms with E-state index in [4.69, 9.17) is 16.3 Å². The Kier molecular flexibility index (Phi) is 6.79. The SMILES string of the molecule is CC(C)OC(=O)CC(NC(=O)Cn1nnc2ccccc2c1=O)c1ccccc1Cl. The number of rotatable bonds is 7. The van der Waals surface area contributed by atoms with Crippen molar-refractivity contribution in [3.8, 4) is 0 Å². The number of hydrogen-bond acceptors (Lipinski definition) is 6. The molecule has 1 heterocycles. The molecular weight excluding hydrogens is 408 g/mol. The standard InChI is InChI=1S/C21H21ClN4O4/c1-13(2)30-20(28)11-18(14-7-3-5-9-16(14)22)23-19(27)12-26-21(29)15-8-4-6-10-17(15)24-25-26/h3-10,13,18H,11-12H2,1-2H3,(H,23,27). The Hall–Kier alpha value is -3.26. The monoisotopic (exact) mass is 428 g/mol. The fourth-order valence-electron chi connectivity index (χ4n) is 2.98. The van der Waals surface area contributed by atoms with Gasteiger partial charge in [-0.25, -0.2) is 4.68 Å². The number of carbonyl (C=O) groups is 2. The summed E-state index contributed by atoms with van der Waals surface area (Å²) in [4.78, 5) is 37.4. The quantitative estimate of drug-likeness (QED) is 0.580. The van der Waals surface area contributed by atoms with Crippen molar-refractivity contribution >= 4 is 34.4 Å². The Morgan fingerprint density at radius 1 is 1.13 bits per heavy atom. The van der Waals surface area contributed by atoms with Gasteiger partial charge in [0.1, 0.15) is 12.1 Å². The average molecular weight is 429 g/mol. The number of carbonyl (C=O) groups excluding carboxylic acids is 2. The maximum Gasteiger partial charge on any atom is 0.308 e. The minimum absolute atomic E-state index is 0.105. The Labute approximate surface area is 177 Å². The molecule has 3 rings (SSSR count). The first-order valence-electron chi connectivity index (χ1n) is 9.41. The molecule has 0 radical (unpaired) electrons. The van der Waals surface area contributed by atoms with E-state index in [0.29, 0.717) is 21.5 Å². The summed E-state index contributed by atoms with van der Waals surface area (Å²) in [6.45, 7) is 3.13. The van der Waals surface area contributed by atoms with E-state index in [0.717, 1.165) is 4.68 Å². The number of benzene rings is 2. The van der Waals surface area contributed by atoms with Gasteiger partial charge in [-0.15, -0.1) is 5.10 Å². The van der Waals surface area contributed by atoms with E-state index >= 15 is 0 Å². The van der Waals surface area contributed by atoms with Crippen LogP contribution in [0, 0.1) is 0 Å². The molecule has 1 unspecified atom stereocenters. The molecule has 30 heavy (non-hydrogen) atoms. The molecule has 1 N–H and O–H groups in total. The van der Waals surface area contributed by atoms with Gasteiger partial charge in [0, 0.05) is 5.02 Å². The Bertz CT molecular complexity index is 1130. The van der Waals surface area contributed by atoms with Gasteiger partial charge in [0.15, 0.2) is 0 Å². The second-order valence-corrected chi connectivity index (χ2v) is 7.36. The van der Waals surface area contributed by atoms with Crippen molar-refractivity contribution < 1.29 is 14.3 Å². The highest BCUT2D eigenvalue weighted by Crippen LogP contribution is 2.25. The van der Waals surface area contributed by atoms with E-state index in [2.05, 4.69) is 15.6 Å². The van der Waals surface area contributed by atoms with Crippen LogP contribution in [0.5, 0.6) is 0 Å². The fourth-order valence-corrected chi connectivity index (χ4v) is 3.24. The third-order valence-electron chi connectivity index (χ3n) is 4.28. The fraction of sp³-hybridized carbons (Fsp3) is 0.286. The summed E-state index contributed by atoms with van der Waals surface area (Å²) in [6, 6.07) is 12.9. The highest BCUT2D eigenvalue weighted by Gasteiger charge is 2.22. The molecule has 0 saturated heterocycles. The van der Waals surface area contributed by atoms with Crippen molar-refractivity contribution in [2.75, 3.05) is 0 Å². The lowest BCUT2D eigenvalue weighted by Gasteiger charge is -2.20. The van der Waals surface area contributed by atoms with Crippen molar-refractivity contribution in [1.29, 1.82) is 0 Å². The van der Waals surface area contributed by atoms with Crippen LogP contribution in [0.1, 0.15) is 31.9 Å². The lowest BCUT2D eigenvalue weighted by Crippen LogP contribution is -2.37. The summed E-state index contributed by atoms with van der Waals surface area (Å²) in [5, 5.41) is 11.3. The van der Waals surface area contributed by atoms with Gasteiger partial charge in [0.25, 0.3) is 5.56 Å². The van der Waals surface area contributed by atoms with Crippen LogP contribution in [-0.4, -0.2) is 33.0 Å². The largest absolute Gasteiger partial charge is 0.463 e. The Morgan fingerprint density at radius 2 is 1.83 bits per heavy atom. The topological polar surface area (TPSA) is 103 Å². The van der Waals surface area contributed by atoms with Crippen LogP contribution in [-0.2, 0) is 20.9 Å². The number of nitrogens with zero attached hydrogens (tertiary/aromatic N) is 3. The van der Waals surface area contributed by atoms with Gasteiger partial charge in [0.05, 0.1) is 24.0 Å². The highest BCUT2D eigenvalue weighted by molar-refractivity contribution is 6.31. The van der Waals surface area contributed by atoms with Crippen molar-refractivity contribution in [2.45, 2.75) is 39.0 Å². The molecular formula is C21H21ClN4O4. The van der Waals surface area contributed by atoms with E-state index in [-0.39, 0.29) is 19.1 Å². The molecule has 0 saturated carbocycles. The summed E-state index contributed by atoms with van der Waals surface area (Å²) < 4.78 is 6.18. The first-order valence-corrected chi connectivity index (χ1v) is 9.78. The zero-order chi connectivity index (χ0) is 21.7. The lowest BCUT2D eigenvalue weighted by atomic mass is 10.0. The molecule has 9 heteroatoms. The molecule has 3 aromatic rings. The molecule has 2 aromatic carbocycles. The predicted octanol–water partition coefficient (Wildman–Crippen LogP) is 2.64. The van der Waals surface area contributed by atoms with Crippen molar-refractivity contribution in [2.24, 2.45) is 0 Å². The van der Waals surface area contributed by atoms with Gasteiger partial charge in [-0.05, 0) is 37.6 Å². The van der Waals surface area contributed by atoms with Gasteiger partial charge in [-0.2, -0.15) is 0 Å². The van der Waals surface area contributed by atoms with Crippen LogP contribution in [0.3, 0.4) is 0 Å². The molecule has 0 bridgehead atoms. The van der Waals surface area contributed by atoms with E-state index in [1.54, 1.807) is 62.4 Å². The minimum Gasteiger partial charge on any atom is -0.463 e. The van der Waals surface area contributed by atoms with Crippen LogP contribution >= 0.6 is 11.6 Å². The van der Waals surface area contributed by atoms with Crippen molar-refractivity contribution in [3.63, 3.8) is 0 Å². The van der Waals surface area contributed by atoms with Crippen molar-refractivity contribution in [3.05, 3.63) is 69.5 Å². The summed E-state index contributed by atoms with van der Waals surface area (Å²) in [5.74, 6) is -0.984. The number of halogens is 1. The number of ether oxygens (including phenoxy) is 1. The number of esters is 1. The molecule has 0 fully saturated rings. The van der Waals surface area contributed by atoms with E-state index in [1.807, 2.05) is 0 Å². The first kappa shape index (κ1) is 21.4. The van der Waals surface area contributed by atoms with Crippen LogP contribution in [0.15, 0.2) is 53.3 Å². The molecule has 0 spiro atoms. The van der Waals surface area contributed by atoms with E-state index in [9.17, 15) is 14.4 Å². The summed E-state index contributed by atoms with van der Waals surface area (Å²) in [7, 11) is 0. The Morgan fingerprint density at radius 3 is 2.57 bits per heavy atom. The third-order valence-corrected chi connectivity index (χ3v) is 4.62. The molecule has 156 valence electrons. The smallest absolute Gasteiger partial charge is 0.308 e. The molecule has 1 atom stereocenters. The highest BCUT2D eigenvalue weighted by atomic mass is 35.5. The lowest BCUT2D eigenvalue weighted by molar-refractivity contribution is -0.148. The van der Waals surface area contributed by atoms with Gasteiger partial charge in [0.2, 0.25) is 5.91 Å². The second kappa shape index (κ2) is 9.49. The van der Waals surface area contributed by atoms with Crippen LogP contribution in [0.4, 0.5) is 0 Å². The summed E-state index contributed by atoms with van der Waals surface area (Å²) >= 11 is 6.26.